The summed E-state index contributed by atoms with van der Waals surface area (Å²) in [6.07, 6.45) is 1.08. The molecule has 0 bridgehead atoms. The van der Waals surface area contributed by atoms with E-state index in [1.54, 1.807) is 33.0 Å². The minimum absolute atomic E-state index is 0.108. The fourth-order valence-corrected chi connectivity index (χ4v) is 3.00. The molecular formula is C18H23N3O5. The maximum Gasteiger partial charge on any atom is 0.411 e. The van der Waals surface area contributed by atoms with Crippen LogP contribution < -0.4 is 4.74 Å². The van der Waals surface area contributed by atoms with Gasteiger partial charge in [0, 0.05) is 12.6 Å². The third-order valence-electron chi connectivity index (χ3n) is 4.17. The highest BCUT2D eigenvalue weighted by atomic mass is 16.6. The zero-order chi connectivity index (χ0) is 19.1. The second-order valence-electron chi connectivity index (χ2n) is 7.50. The van der Waals surface area contributed by atoms with E-state index in [0.29, 0.717) is 17.9 Å². The number of likely N-dealkylation sites (tertiary alicyclic amines) is 1. The SMILES string of the molecule is CC(=O)[C@@H]1CC(Oc2nccc3c(C)noc23)CN1C(=O)OC(C)(C)C. The normalized spacial score (nSPS) is 20.4. The van der Waals surface area contributed by atoms with Crippen molar-refractivity contribution in [3.05, 3.63) is 18.0 Å². The van der Waals surface area contributed by atoms with Crippen LogP contribution in [0.25, 0.3) is 11.0 Å². The Kier molecular flexibility index (Phi) is 4.60. The average Bonchev–Trinajstić information content (AvgIpc) is 3.11. The molecule has 1 aliphatic rings. The summed E-state index contributed by atoms with van der Waals surface area (Å²) in [7, 11) is 0. The first-order valence-corrected chi connectivity index (χ1v) is 8.53. The topological polar surface area (TPSA) is 94.8 Å². The number of fused-ring (bicyclic) bond motifs is 1. The number of aromatic nitrogens is 2. The van der Waals surface area contributed by atoms with Crippen molar-refractivity contribution in [1.82, 2.24) is 15.0 Å². The lowest BCUT2D eigenvalue weighted by molar-refractivity contribution is -0.121. The van der Waals surface area contributed by atoms with E-state index in [0.717, 1.165) is 11.1 Å². The summed E-state index contributed by atoms with van der Waals surface area (Å²) in [5.41, 5.74) is 0.567. The van der Waals surface area contributed by atoms with Crippen molar-refractivity contribution in [3.8, 4) is 5.88 Å². The molecule has 2 aromatic rings. The number of rotatable bonds is 3. The largest absolute Gasteiger partial charge is 0.470 e. The molecular weight excluding hydrogens is 338 g/mol. The lowest BCUT2D eigenvalue weighted by Crippen LogP contribution is -2.43. The summed E-state index contributed by atoms with van der Waals surface area (Å²) >= 11 is 0. The molecule has 8 heteroatoms. The van der Waals surface area contributed by atoms with E-state index in [1.165, 1.54) is 11.8 Å². The Labute approximate surface area is 151 Å². The summed E-state index contributed by atoms with van der Waals surface area (Å²) in [4.78, 5) is 30.1. The number of carbonyl (C=O) groups excluding carboxylic acids is 2. The van der Waals surface area contributed by atoms with Crippen LogP contribution in [-0.2, 0) is 9.53 Å². The van der Waals surface area contributed by atoms with Crippen molar-refractivity contribution >= 4 is 22.8 Å². The number of ether oxygens (including phenoxy) is 2. The van der Waals surface area contributed by atoms with Gasteiger partial charge in [-0.15, -0.1) is 0 Å². The maximum absolute atomic E-state index is 12.4. The monoisotopic (exact) mass is 361 g/mol. The van der Waals surface area contributed by atoms with E-state index in [4.69, 9.17) is 14.0 Å². The number of amides is 1. The van der Waals surface area contributed by atoms with Crippen LogP contribution in [0, 0.1) is 6.92 Å². The molecule has 8 nitrogen and oxygen atoms in total. The van der Waals surface area contributed by atoms with Crippen LogP contribution in [0.4, 0.5) is 4.79 Å². The van der Waals surface area contributed by atoms with Crippen LogP contribution in [0.2, 0.25) is 0 Å². The summed E-state index contributed by atoms with van der Waals surface area (Å²) < 4.78 is 16.7. The van der Waals surface area contributed by atoms with Crippen molar-refractivity contribution in [3.63, 3.8) is 0 Å². The van der Waals surface area contributed by atoms with Crippen molar-refractivity contribution in [2.75, 3.05) is 6.54 Å². The third-order valence-corrected chi connectivity index (χ3v) is 4.17. The Morgan fingerprint density at radius 2 is 2.08 bits per heavy atom. The first-order valence-electron chi connectivity index (χ1n) is 8.53. The number of ketones is 1. The first-order chi connectivity index (χ1) is 12.2. The molecule has 0 aromatic carbocycles. The number of nitrogens with zero attached hydrogens (tertiary/aromatic N) is 3. The highest BCUT2D eigenvalue weighted by molar-refractivity contribution is 5.86. The summed E-state index contributed by atoms with van der Waals surface area (Å²) in [6.45, 7) is 8.90. The van der Waals surface area contributed by atoms with Gasteiger partial charge in [-0.05, 0) is 40.7 Å². The molecule has 3 heterocycles. The summed E-state index contributed by atoms with van der Waals surface area (Å²) in [5.74, 6) is 0.199. The Balaban J connectivity index is 1.79. The van der Waals surface area contributed by atoms with Crippen molar-refractivity contribution < 1.29 is 23.6 Å². The number of hydrogen-bond donors (Lipinski definition) is 0. The third kappa shape index (κ3) is 3.63. The van der Waals surface area contributed by atoms with Gasteiger partial charge in [0.2, 0.25) is 5.58 Å². The molecule has 26 heavy (non-hydrogen) atoms. The van der Waals surface area contributed by atoms with Gasteiger partial charge in [0.1, 0.15) is 11.7 Å². The van der Waals surface area contributed by atoms with Crippen LogP contribution in [0.15, 0.2) is 16.8 Å². The van der Waals surface area contributed by atoms with E-state index in [2.05, 4.69) is 10.1 Å². The summed E-state index contributed by atoms with van der Waals surface area (Å²) in [5, 5.41) is 4.74. The Bertz CT molecular complexity index is 839. The molecule has 0 radical (unpaired) electrons. The fraction of sp³-hybridized carbons (Fsp3) is 0.556. The molecule has 1 fully saturated rings. The van der Waals surface area contributed by atoms with Gasteiger partial charge in [-0.25, -0.2) is 9.78 Å². The lowest BCUT2D eigenvalue weighted by atomic mass is 10.1. The van der Waals surface area contributed by atoms with Crippen LogP contribution >= 0.6 is 0 Å². The zero-order valence-corrected chi connectivity index (χ0v) is 15.6. The minimum atomic E-state index is -0.637. The number of Topliss-reactive ketones (excluding diaryl/α,β-unsaturated/α-hetero) is 1. The average molecular weight is 361 g/mol. The number of pyridine rings is 1. The molecule has 1 aliphatic heterocycles. The molecule has 1 unspecified atom stereocenters. The molecule has 1 saturated heterocycles. The first kappa shape index (κ1) is 18.2. The quantitative estimate of drug-likeness (QED) is 0.829. The van der Waals surface area contributed by atoms with Crippen molar-refractivity contribution in [2.45, 2.75) is 58.8 Å². The van der Waals surface area contributed by atoms with Gasteiger partial charge in [0.25, 0.3) is 5.88 Å². The standard InChI is InChI=1S/C18H23N3O5/c1-10-13-6-7-19-16(15(13)26-20-10)24-12-8-14(11(2)22)21(9-12)17(23)25-18(3,4)5/h6-7,12,14H,8-9H2,1-5H3/t12?,14-/m0/s1. The smallest absolute Gasteiger partial charge is 0.411 e. The van der Waals surface area contributed by atoms with Gasteiger partial charge in [0.05, 0.1) is 23.7 Å². The number of aryl methyl sites for hydroxylation is 1. The predicted molar refractivity (Wildman–Crippen MR) is 93.0 cm³/mol. The maximum atomic E-state index is 12.4. The Morgan fingerprint density at radius 3 is 2.73 bits per heavy atom. The van der Waals surface area contributed by atoms with Crippen molar-refractivity contribution in [2.24, 2.45) is 0 Å². The Morgan fingerprint density at radius 1 is 1.35 bits per heavy atom. The molecule has 0 saturated carbocycles. The van der Waals surface area contributed by atoms with Gasteiger partial charge < -0.3 is 14.0 Å². The van der Waals surface area contributed by atoms with Crippen LogP contribution in [-0.4, -0.2) is 51.2 Å². The second kappa shape index (κ2) is 6.59. The van der Waals surface area contributed by atoms with Crippen LogP contribution in [0.1, 0.15) is 39.8 Å². The number of hydrogen-bond acceptors (Lipinski definition) is 7. The van der Waals surface area contributed by atoms with E-state index < -0.39 is 17.7 Å². The zero-order valence-electron chi connectivity index (χ0n) is 15.6. The van der Waals surface area contributed by atoms with Crippen LogP contribution in [0.5, 0.6) is 5.88 Å². The molecule has 0 N–H and O–H groups in total. The van der Waals surface area contributed by atoms with E-state index >= 15 is 0 Å². The van der Waals surface area contributed by atoms with E-state index in [9.17, 15) is 9.59 Å². The number of carbonyl (C=O) groups is 2. The predicted octanol–water partition coefficient (Wildman–Crippen LogP) is 2.88. The van der Waals surface area contributed by atoms with Crippen LogP contribution in [0.3, 0.4) is 0 Å². The molecule has 3 rings (SSSR count). The highest BCUT2D eigenvalue weighted by Gasteiger charge is 2.41. The lowest BCUT2D eigenvalue weighted by Gasteiger charge is -2.27. The minimum Gasteiger partial charge on any atom is -0.470 e. The molecule has 2 atom stereocenters. The van der Waals surface area contributed by atoms with E-state index in [1.807, 2.05) is 6.92 Å². The van der Waals surface area contributed by atoms with Gasteiger partial charge >= 0.3 is 6.09 Å². The van der Waals surface area contributed by atoms with Gasteiger partial charge in [0.15, 0.2) is 5.78 Å². The molecule has 0 aliphatic carbocycles. The fourth-order valence-electron chi connectivity index (χ4n) is 3.00. The second-order valence-corrected chi connectivity index (χ2v) is 7.50. The summed E-state index contributed by atoms with van der Waals surface area (Å²) in [6, 6.07) is 1.22. The molecule has 140 valence electrons. The van der Waals surface area contributed by atoms with Gasteiger partial charge in [-0.3, -0.25) is 9.69 Å². The van der Waals surface area contributed by atoms with Gasteiger partial charge in [-0.1, -0.05) is 5.16 Å². The highest BCUT2D eigenvalue weighted by Crippen LogP contribution is 2.29. The molecule has 2 aromatic heterocycles. The van der Waals surface area contributed by atoms with E-state index in [-0.39, 0.29) is 18.4 Å². The van der Waals surface area contributed by atoms with Crippen molar-refractivity contribution in [1.29, 1.82) is 0 Å². The molecule has 1 amide bonds. The Hall–Kier alpha value is -2.64. The van der Waals surface area contributed by atoms with Gasteiger partial charge in [-0.2, -0.15) is 0 Å². The molecule has 0 spiro atoms.